The quantitative estimate of drug-likeness (QED) is 0.802. The maximum Gasteiger partial charge on any atom is 0.250 e. The van der Waals surface area contributed by atoms with E-state index in [0.717, 1.165) is 28.1 Å². The minimum absolute atomic E-state index is 0.114. The first-order valence-corrected chi connectivity index (χ1v) is 10.5. The van der Waals surface area contributed by atoms with E-state index in [1.165, 1.54) is 18.3 Å². The molecule has 0 fully saturated rings. The van der Waals surface area contributed by atoms with Crippen LogP contribution in [0.2, 0.25) is 0 Å². The summed E-state index contributed by atoms with van der Waals surface area (Å²) in [5, 5.41) is 0. The minimum atomic E-state index is -3.54. The largest absolute Gasteiger partial charge is 0.311 e. The van der Waals surface area contributed by atoms with Crippen LogP contribution >= 0.6 is 11.3 Å². The molecule has 1 aromatic heterocycles. The van der Waals surface area contributed by atoms with E-state index in [-0.39, 0.29) is 19.0 Å². The highest BCUT2D eigenvalue weighted by Crippen LogP contribution is 2.23. The fraction of sp³-hybridized carbons (Fsp3) is 0.389. The average molecular weight is 381 g/mol. The van der Waals surface area contributed by atoms with Gasteiger partial charge in [-0.3, -0.25) is 4.79 Å². The van der Waals surface area contributed by atoms with Gasteiger partial charge in [-0.15, -0.1) is 11.3 Å². The summed E-state index contributed by atoms with van der Waals surface area (Å²) in [6.45, 7) is 7.87. The van der Waals surface area contributed by atoms with Gasteiger partial charge in [-0.05, 0) is 49.6 Å². The first-order valence-electron chi connectivity index (χ1n) is 8.19. The maximum absolute atomic E-state index is 12.4. The molecule has 25 heavy (non-hydrogen) atoms. The number of aryl methyl sites for hydroxylation is 2. The maximum atomic E-state index is 12.4. The van der Waals surface area contributed by atoms with E-state index < -0.39 is 10.0 Å². The lowest BCUT2D eigenvalue weighted by molar-refractivity contribution is -0.116. The Morgan fingerprint density at radius 3 is 2.52 bits per heavy atom. The number of carbonyl (C=O) groups excluding carboxylic acids is 1. The van der Waals surface area contributed by atoms with Crippen LogP contribution in [0.3, 0.4) is 0 Å². The molecule has 0 atom stereocenters. The van der Waals surface area contributed by atoms with Crippen LogP contribution in [0.15, 0.2) is 34.5 Å². The molecule has 1 heterocycles. The Kier molecular flexibility index (Phi) is 6.37. The van der Waals surface area contributed by atoms with Gasteiger partial charge in [-0.2, -0.15) is 0 Å². The van der Waals surface area contributed by atoms with Crippen molar-refractivity contribution < 1.29 is 13.2 Å². The molecule has 1 aromatic carbocycles. The number of hydrogen-bond donors (Lipinski definition) is 1. The van der Waals surface area contributed by atoms with E-state index >= 15 is 0 Å². The Bertz CT molecular complexity index is 857. The topological polar surface area (TPSA) is 66.5 Å². The molecule has 0 unspecified atom stereocenters. The number of nitrogens with zero attached hydrogens (tertiary/aromatic N) is 1. The van der Waals surface area contributed by atoms with Crippen molar-refractivity contribution >= 4 is 33.0 Å². The van der Waals surface area contributed by atoms with Crippen molar-refractivity contribution in [1.29, 1.82) is 0 Å². The number of nitrogens with one attached hydrogen (secondary N) is 1. The molecule has 0 aliphatic heterocycles. The van der Waals surface area contributed by atoms with E-state index in [9.17, 15) is 13.2 Å². The second-order valence-electron chi connectivity index (χ2n) is 5.86. The summed E-state index contributed by atoms with van der Waals surface area (Å²) in [5.41, 5.74) is 2.93. The molecule has 0 saturated heterocycles. The highest BCUT2D eigenvalue weighted by Gasteiger charge is 2.19. The Morgan fingerprint density at radius 2 is 1.92 bits per heavy atom. The van der Waals surface area contributed by atoms with Crippen molar-refractivity contribution in [2.45, 2.75) is 38.3 Å². The molecule has 1 N–H and O–H groups in total. The zero-order valence-electron chi connectivity index (χ0n) is 15.0. The second kappa shape index (κ2) is 8.12. The molecule has 2 rings (SSSR count). The standard InChI is InChI=1S/C18H24N2O3S2/c1-5-16-9-10-18(24-16)25(22,23)19-11-12-20(15(4)21)17-8-6-7-13(2)14(17)3/h6-10,19H,5,11-12H2,1-4H3. The Hall–Kier alpha value is -1.70. The molecule has 5 nitrogen and oxygen atoms in total. The molecule has 0 aliphatic carbocycles. The van der Waals surface area contributed by atoms with Crippen molar-refractivity contribution in [3.63, 3.8) is 0 Å². The third-order valence-electron chi connectivity index (χ3n) is 4.12. The molecule has 0 spiro atoms. The Labute approximate surface area is 153 Å². The van der Waals surface area contributed by atoms with Gasteiger partial charge in [0.2, 0.25) is 15.9 Å². The third kappa shape index (κ3) is 4.68. The van der Waals surface area contributed by atoms with E-state index in [2.05, 4.69) is 4.72 Å². The number of hydrogen-bond acceptors (Lipinski definition) is 4. The Balaban J connectivity index is 2.09. The lowest BCUT2D eigenvalue weighted by Crippen LogP contribution is -2.37. The van der Waals surface area contributed by atoms with Crippen LogP contribution in [0.1, 0.15) is 29.9 Å². The average Bonchev–Trinajstić information content (AvgIpc) is 3.04. The molecule has 0 aliphatic rings. The van der Waals surface area contributed by atoms with Gasteiger partial charge < -0.3 is 4.90 Å². The SMILES string of the molecule is CCc1ccc(S(=O)(=O)NCCN(C(C)=O)c2cccc(C)c2C)s1. The van der Waals surface area contributed by atoms with Crippen molar-refractivity contribution in [2.24, 2.45) is 0 Å². The predicted molar refractivity (Wildman–Crippen MR) is 103 cm³/mol. The summed E-state index contributed by atoms with van der Waals surface area (Å²) < 4.78 is 27.6. The van der Waals surface area contributed by atoms with Crippen molar-refractivity contribution in [3.8, 4) is 0 Å². The summed E-state index contributed by atoms with van der Waals surface area (Å²) >= 11 is 1.27. The molecule has 0 radical (unpaired) electrons. The molecule has 136 valence electrons. The first kappa shape index (κ1) is 19.6. The van der Waals surface area contributed by atoms with Crippen LogP contribution in [-0.2, 0) is 21.2 Å². The number of carbonyl (C=O) groups is 1. The van der Waals surface area contributed by atoms with Gasteiger partial charge in [0.05, 0.1) is 0 Å². The van der Waals surface area contributed by atoms with Crippen LogP contribution in [0.5, 0.6) is 0 Å². The number of amides is 1. The zero-order chi connectivity index (χ0) is 18.6. The van der Waals surface area contributed by atoms with E-state index in [4.69, 9.17) is 0 Å². The van der Waals surface area contributed by atoms with Crippen molar-refractivity contribution in [3.05, 3.63) is 46.3 Å². The second-order valence-corrected chi connectivity index (χ2v) is 9.02. The van der Waals surface area contributed by atoms with Gasteiger partial charge in [0.15, 0.2) is 0 Å². The van der Waals surface area contributed by atoms with Gasteiger partial charge in [0.1, 0.15) is 4.21 Å². The normalized spacial score (nSPS) is 11.5. The minimum Gasteiger partial charge on any atom is -0.311 e. The highest BCUT2D eigenvalue weighted by molar-refractivity contribution is 7.91. The predicted octanol–water partition coefficient (Wildman–Crippen LogP) is 3.26. The van der Waals surface area contributed by atoms with Gasteiger partial charge in [-0.25, -0.2) is 13.1 Å². The lowest BCUT2D eigenvalue weighted by atomic mass is 10.1. The van der Waals surface area contributed by atoms with Crippen molar-refractivity contribution in [2.75, 3.05) is 18.0 Å². The van der Waals surface area contributed by atoms with E-state index in [0.29, 0.717) is 4.21 Å². The lowest BCUT2D eigenvalue weighted by Gasteiger charge is -2.24. The fourth-order valence-electron chi connectivity index (χ4n) is 2.53. The summed E-state index contributed by atoms with van der Waals surface area (Å²) in [5.74, 6) is -0.114. The van der Waals surface area contributed by atoms with Crippen molar-refractivity contribution in [1.82, 2.24) is 4.72 Å². The number of thiophene rings is 1. The zero-order valence-corrected chi connectivity index (χ0v) is 16.6. The van der Waals surface area contributed by atoms with Crippen LogP contribution in [0, 0.1) is 13.8 Å². The summed E-state index contributed by atoms with van der Waals surface area (Å²) in [6, 6.07) is 9.22. The molecule has 2 aromatic rings. The number of sulfonamides is 1. The molecule has 1 amide bonds. The Morgan fingerprint density at radius 1 is 1.20 bits per heavy atom. The number of anilines is 1. The molecule has 0 saturated carbocycles. The molecular weight excluding hydrogens is 356 g/mol. The van der Waals surface area contributed by atoms with Crippen LogP contribution < -0.4 is 9.62 Å². The fourth-order valence-corrected chi connectivity index (χ4v) is 4.89. The van der Waals surface area contributed by atoms with Crippen LogP contribution in [0.4, 0.5) is 5.69 Å². The molecule has 0 bridgehead atoms. The number of benzene rings is 1. The van der Waals surface area contributed by atoms with E-state index in [1.54, 1.807) is 11.0 Å². The van der Waals surface area contributed by atoms with Gasteiger partial charge >= 0.3 is 0 Å². The van der Waals surface area contributed by atoms with Gasteiger partial charge in [-0.1, -0.05) is 19.1 Å². The van der Waals surface area contributed by atoms with Gasteiger partial charge in [0, 0.05) is 30.6 Å². The molecule has 7 heteroatoms. The summed E-state index contributed by atoms with van der Waals surface area (Å²) in [6.07, 6.45) is 0.810. The first-order chi connectivity index (χ1) is 11.8. The summed E-state index contributed by atoms with van der Waals surface area (Å²) in [7, 11) is -3.54. The third-order valence-corrected chi connectivity index (χ3v) is 7.31. The highest BCUT2D eigenvalue weighted by atomic mass is 32.2. The van der Waals surface area contributed by atoms with E-state index in [1.807, 2.05) is 45.0 Å². The number of rotatable bonds is 7. The summed E-state index contributed by atoms with van der Waals surface area (Å²) in [4.78, 5) is 14.7. The van der Waals surface area contributed by atoms with Crippen LogP contribution in [-0.4, -0.2) is 27.4 Å². The van der Waals surface area contributed by atoms with Crippen LogP contribution in [0.25, 0.3) is 0 Å². The smallest absolute Gasteiger partial charge is 0.250 e. The molecular formula is C18H24N2O3S2. The monoisotopic (exact) mass is 380 g/mol. The van der Waals surface area contributed by atoms with Gasteiger partial charge in [0.25, 0.3) is 0 Å².